The molecule has 2 rings (SSSR count). The Morgan fingerprint density at radius 1 is 1.47 bits per heavy atom. The van der Waals surface area contributed by atoms with Crippen LogP contribution in [0.3, 0.4) is 0 Å². The van der Waals surface area contributed by atoms with E-state index in [4.69, 9.17) is 5.11 Å². The van der Waals surface area contributed by atoms with Crippen molar-refractivity contribution in [3.63, 3.8) is 0 Å². The molecular weight excluding hydrogens is 228 g/mol. The maximum absolute atomic E-state index is 13.5. The van der Waals surface area contributed by atoms with Gasteiger partial charge in [0, 0.05) is 6.04 Å². The molecule has 92 valence electrons. The van der Waals surface area contributed by atoms with Crippen LogP contribution in [0.25, 0.3) is 0 Å². The molecule has 0 bridgehead atoms. The summed E-state index contributed by atoms with van der Waals surface area (Å²) in [7, 11) is 0. The smallest absolute Gasteiger partial charge is 0.338 e. The number of benzene rings is 1. The van der Waals surface area contributed by atoms with Gasteiger partial charge in [0.05, 0.1) is 11.3 Å². The van der Waals surface area contributed by atoms with Crippen molar-refractivity contribution >= 4 is 11.7 Å². The zero-order valence-corrected chi connectivity index (χ0v) is 9.34. The number of hydrogen-bond donors (Lipinski definition) is 2. The van der Waals surface area contributed by atoms with Crippen molar-refractivity contribution in [1.29, 1.82) is 0 Å². The molecule has 2 unspecified atom stereocenters. The molecule has 1 aliphatic carbocycles. The Labute approximate surface area is 97.5 Å². The van der Waals surface area contributed by atoms with E-state index in [0.29, 0.717) is 5.92 Å². The van der Waals surface area contributed by atoms with Crippen molar-refractivity contribution in [3.8, 4) is 0 Å². The van der Waals surface area contributed by atoms with Crippen LogP contribution in [-0.2, 0) is 0 Å². The summed E-state index contributed by atoms with van der Waals surface area (Å²) in [4.78, 5) is 10.6. The number of hydrogen-bond acceptors (Lipinski definition) is 2. The number of rotatable bonds is 4. The highest BCUT2D eigenvalue weighted by Gasteiger charge is 2.36. The van der Waals surface area contributed by atoms with E-state index in [1.807, 2.05) is 6.92 Å². The van der Waals surface area contributed by atoms with E-state index in [1.165, 1.54) is 6.07 Å². The monoisotopic (exact) mass is 241 g/mol. The normalized spacial score (nSPS) is 22.3. The van der Waals surface area contributed by atoms with Crippen LogP contribution in [0, 0.1) is 17.6 Å². The fraction of sp³-hybridized carbons (Fsp3) is 0.417. The first-order valence-electron chi connectivity index (χ1n) is 5.52. The Balaban J connectivity index is 2.19. The fourth-order valence-electron chi connectivity index (χ4n) is 1.90. The van der Waals surface area contributed by atoms with Gasteiger partial charge in [-0.05, 0) is 24.5 Å². The third-order valence-electron chi connectivity index (χ3n) is 3.10. The van der Waals surface area contributed by atoms with Gasteiger partial charge in [-0.3, -0.25) is 0 Å². The molecule has 0 aromatic heterocycles. The van der Waals surface area contributed by atoms with Gasteiger partial charge >= 0.3 is 5.97 Å². The fourth-order valence-corrected chi connectivity index (χ4v) is 1.90. The van der Waals surface area contributed by atoms with E-state index in [-0.39, 0.29) is 11.7 Å². The molecule has 3 nitrogen and oxygen atoms in total. The lowest BCUT2D eigenvalue weighted by Crippen LogP contribution is -2.10. The number of carboxylic acid groups (broad SMARTS) is 1. The predicted molar refractivity (Wildman–Crippen MR) is 59.1 cm³/mol. The largest absolute Gasteiger partial charge is 0.478 e. The Morgan fingerprint density at radius 3 is 2.71 bits per heavy atom. The molecule has 5 heteroatoms. The molecule has 1 saturated carbocycles. The van der Waals surface area contributed by atoms with Gasteiger partial charge in [-0.15, -0.1) is 0 Å². The number of aromatic carboxylic acids is 1. The highest BCUT2D eigenvalue weighted by atomic mass is 19.2. The molecule has 0 spiro atoms. The third-order valence-corrected chi connectivity index (χ3v) is 3.10. The number of carbonyl (C=O) groups is 1. The minimum Gasteiger partial charge on any atom is -0.478 e. The summed E-state index contributed by atoms with van der Waals surface area (Å²) in [6, 6.07) is 2.52. The van der Waals surface area contributed by atoms with Gasteiger partial charge in [0.25, 0.3) is 0 Å². The van der Waals surface area contributed by atoms with Crippen molar-refractivity contribution in [2.75, 3.05) is 5.32 Å². The van der Waals surface area contributed by atoms with Crippen LogP contribution in [-0.4, -0.2) is 17.1 Å². The summed E-state index contributed by atoms with van der Waals surface area (Å²) in [5.74, 6) is -3.40. The number of halogens is 2. The van der Waals surface area contributed by atoms with E-state index in [1.54, 1.807) is 0 Å². The molecule has 2 atom stereocenters. The summed E-state index contributed by atoms with van der Waals surface area (Å²) in [6.07, 6.45) is 1.94. The average molecular weight is 241 g/mol. The summed E-state index contributed by atoms with van der Waals surface area (Å²) in [5, 5.41) is 11.5. The van der Waals surface area contributed by atoms with Crippen LogP contribution >= 0.6 is 0 Å². The first-order chi connectivity index (χ1) is 8.04. The van der Waals surface area contributed by atoms with Gasteiger partial charge < -0.3 is 10.4 Å². The van der Waals surface area contributed by atoms with E-state index < -0.39 is 23.2 Å². The van der Waals surface area contributed by atoms with Crippen LogP contribution in [0.5, 0.6) is 0 Å². The van der Waals surface area contributed by atoms with Crippen LogP contribution < -0.4 is 5.32 Å². The van der Waals surface area contributed by atoms with Crippen molar-refractivity contribution in [3.05, 3.63) is 29.3 Å². The molecule has 17 heavy (non-hydrogen) atoms. The molecule has 0 radical (unpaired) electrons. The lowest BCUT2D eigenvalue weighted by molar-refractivity contribution is 0.0690. The van der Waals surface area contributed by atoms with Crippen molar-refractivity contribution in [1.82, 2.24) is 0 Å². The molecule has 1 fully saturated rings. The van der Waals surface area contributed by atoms with Crippen LogP contribution in [0.1, 0.15) is 30.1 Å². The minimum absolute atomic E-state index is 0.0356. The van der Waals surface area contributed by atoms with Gasteiger partial charge in [0.1, 0.15) is 0 Å². The highest BCUT2D eigenvalue weighted by molar-refractivity contribution is 5.88. The van der Waals surface area contributed by atoms with E-state index in [0.717, 1.165) is 18.9 Å². The number of nitrogens with one attached hydrogen (secondary N) is 1. The molecule has 2 N–H and O–H groups in total. The molecule has 0 amide bonds. The van der Waals surface area contributed by atoms with Crippen molar-refractivity contribution in [2.45, 2.75) is 25.8 Å². The number of carboxylic acids is 1. The van der Waals surface area contributed by atoms with Crippen LogP contribution in [0.4, 0.5) is 14.5 Å². The zero-order valence-electron chi connectivity index (χ0n) is 9.34. The zero-order chi connectivity index (χ0) is 12.6. The maximum Gasteiger partial charge on any atom is 0.338 e. The first-order valence-corrected chi connectivity index (χ1v) is 5.52. The van der Waals surface area contributed by atoms with Gasteiger partial charge in [-0.25, -0.2) is 13.6 Å². The van der Waals surface area contributed by atoms with Gasteiger partial charge in [0.15, 0.2) is 11.6 Å². The number of anilines is 1. The van der Waals surface area contributed by atoms with E-state index >= 15 is 0 Å². The maximum atomic E-state index is 13.5. The molecule has 0 saturated heterocycles. The molecule has 1 aromatic rings. The second-order valence-electron chi connectivity index (χ2n) is 4.25. The minimum atomic E-state index is -1.47. The first kappa shape index (κ1) is 11.8. The molecule has 0 heterocycles. The van der Waals surface area contributed by atoms with Gasteiger partial charge in [-0.1, -0.05) is 13.3 Å². The average Bonchev–Trinajstić information content (AvgIpc) is 3.03. The lowest BCUT2D eigenvalue weighted by Gasteiger charge is -2.08. The Hall–Kier alpha value is -1.65. The summed E-state index contributed by atoms with van der Waals surface area (Å²) in [5.41, 5.74) is -0.607. The molecule has 0 aliphatic heterocycles. The van der Waals surface area contributed by atoms with E-state index in [9.17, 15) is 13.6 Å². The summed E-state index contributed by atoms with van der Waals surface area (Å²) in [6.45, 7) is 2.04. The van der Waals surface area contributed by atoms with Crippen molar-refractivity contribution < 1.29 is 18.7 Å². The summed E-state index contributed by atoms with van der Waals surface area (Å²) >= 11 is 0. The Morgan fingerprint density at radius 2 is 2.18 bits per heavy atom. The summed E-state index contributed by atoms with van der Waals surface area (Å²) < 4.78 is 26.9. The quantitative estimate of drug-likeness (QED) is 0.852. The third kappa shape index (κ3) is 2.23. The Bertz CT molecular complexity index is 462. The lowest BCUT2D eigenvalue weighted by atomic mass is 10.1. The van der Waals surface area contributed by atoms with Crippen LogP contribution in [0.15, 0.2) is 12.1 Å². The highest BCUT2D eigenvalue weighted by Crippen LogP contribution is 2.37. The SMILES string of the molecule is CCC1CC1Nc1ccc(C(=O)O)c(F)c1F. The van der Waals surface area contributed by atoms with Crippen LogP contribution in [0.2, 0.25) is 0 Å². The predicted octanol–water partition coefficient (Wildman–Crippen LogP) is 2.87. The van der Waals surface area contributed by atoms with E-state index in [2.05, 4.69) is 5.32 Å². The standard InChI is InChI=1S/C12H13F2NO2/c1-2-6-5-9(6)15-8-4-3-7(12(16)17)10(13)11(8)14/h3-4,6,9,15H,2,5H2,1H3,(H,16,17). The topological polar surface area (TPSA) is 49.3 Å². The van der Waals surface area contributed by atoms with Gasteiger partial charge in [-0.2, -0.15) is 0 Å². The molecule has 1 aromatic carbocycles. The molecule has 1 aliphatic rings. The second-order valence-corrected chi connectivity index (χ2v) is 4.25. The Kier molecular flexibility index (Phi) is 3.00. The molecular formula is C12H13F2NO2. The second kappa shape index (κ2) is 4.31. The van der Waals surface area contributed by atoms with Crippen molar-refractivity contribution in [2.24, 2.45) is 5.92 Å². The van der Waals surface area contributed by atoms with Gasteiger partial charge in [0.2, 0.25) is 0 Å².